The summed E-state index contributed by atoms with van der Waals surface area (Å²) >= 11 is 5.96. The fourth-order valence-electron chi connectivity index (χ4n) is 1.94. The van der Waals surface area contributed by atoms with Crippen molar-refractivity contribution in [3.05, 3.63) is 86.3 Å². The number of hydrogen-bond donors (Lipinski definition) is 0. The second-order valence-corrected chi connectivity index (χ2v) is 26.1. The maximum atomic E-state index is 11.8. The van der Waals surface area contributed by atoms with E-state index in [0.717, 1.165) is 17.3 Å². The number of Topliss-reactive ketones (excluding diaryl/α,β-unsaturated/α-hetero) is 1. The van der Waals surface area contributed by atoms with Crippen LogP contribution in [0.1, 0.15) is 20.7 Å². The molecule has 2 aromatic rings. The standard InChI is InChI=1S/C12H13NO3Si.C7H4ClNO3.C5H10Si.C5H9Si.ClH.Zn/c1-17(2,3)9-8-12(14)10-6-4-5-7-11(10)13(15)16;8-7(10)5-3-1-2-4-6(5)9(11)12;2*1-5-6(2,3)4;;/h4-7H,1-3H3;1-4H;1H,2-4H3;2-4H3;1H;/q;;;-1;;+2/p-1. The number of benzene rings is 2. The Hall–Kier alpha value is -2.89. The SMILES string of the molecule is C#C[Si](C)(C)C.C[Si](C)(C)C#CC(=O)c1ccccc1[N+](=O)[O-].O=C(Cl)c1ccccc1[N+](=O)[O-].[C-]#C[Si](C)(C)C.[Cl][Zn+]. The molecule has 0 aliphatic rings. The molecule has 2 rings (SSSR count). The molecule has 14 heteroatoms. The van der Waals surface area contributed by atoms with Crippen LogP contribution < -0.4 is 0 Å². The molecule has 0 fully saturated rings. The van der Waals surface area contributed by atoms with Crippen LogP contribution in [0.3, 0.4) is 0 Å². The van der Waals surface area contributed by atoms with E-state index in [9.17, 15) is 29.8 Å². The first-order valence-corrected chi connectivity index (χ1v) is 27.3. The van der Waals surface area contributed by atoms with Gasteiger partial charge in [0.2, 0.25) is 5.78 Å². The summed E-state index contributed by atoms with van der Waals surface area (Å²) < 4.78 is 0. The van der Waals surface area contributed by atoms with Crippen LogP contribution in [0, 0.1) is 55.6 Å². The molecule has 226 valence electrons. The molecule has 0 bridgehead atoms. The van der Waals surface area contributed by atoms with Gasteiger partial charge in [0, 0.05) is 12.1 Å². The molecule has 0 radical (unpaired) electrons. The Balaban J connectivity index is -0.000000534. The monoisotopic (exact) mass is 726 g/mol. The number of nitro benzene ring substituents is 2. The molecular weight excluding hydrogens is 693 g/mol. The van der Waals surface area contributed by atoms with Crippen LogP contribution in [-0.2, 0) is 17.3 Å². The average Bonchev–Trinajstić information content (AvgIpc) is 2.92. The van der Waals surface area contributed by atoms with Gasteiger partial charge in [-0.2, -0.15) is 0 Å². The minimum atomic E-state index is -1.65. The summed E-state index contributed by atoms with van der Waals surface area (Å²) in [6.07, 6.45) is 11.8. The van der Waals surface area contributed by atoms with Gasteiger partial charge in [0.05, 0.1) is 17.9 Å². The molecular formula is C29H36Cl2N2O6Si3Zn. The zero-order chi connectivity index (χ0) is 34.6. The van der Waals surface area contributed by atoms with Crippen molar-refractivity contribution in [3.63, 3.8) is 0 Å². The summed E-state index contributed by atoms with van der Waals surface area (Å²) in [5.74, 6) is 2.02. The number of hydrogen-bond acceptors (Lipinski definition) is 6. The Morgan fingerprint density at radius 3 is 1.35 bits per heavy atom. The molecule has 0 heterocycles. The number of nitrogens with zero attached hydrogens (tertiary/aromatic N) is 2. The third kappa shape index (κ3) is 24.3. The van der Waals surface area contributed by atoms with E-state index < -0.39 is 45.1 Å². The quantitative estimate of drug-likeness (QED) is 0.0595. The van der Waals surface area contributed by atoms with Crippen LogP contribution >= 0.6 is 21.3 Å². The van der Waals surface area contributed by atoms with Gasteiger partial charge in [0.15, 0.2) is 0 Å². The van der Waals surface area contributed by atoms with Gasteiger partial charge < -0.3 is 12.0 Å². The number of carbonyl (C=O) groups is 2. The van der Waals surface area contributed by atoms with E-state index in [0.29, 0.717) is 0 Å². The van der Waals surface area contributed by atoms with Crippen LogP contribution in [0.15, 0.2) is 48.5 Å². The molecule has 0 unspecified atom stereocenters. The average molecular weight is 729 g/mol. The fourth-order valence-corrected chi connectivity index (χ4v) is 2.58. The normalized spacial score (nSPS) is 9.74. The number of halogens is 2. The Bertz CT molecular complexity index is 1340. The van der Waals surface area contributed by atoms with Gasteiger partial charge in [-0.15, -0.1) is 17.5 Å². The number of ketones is 1. The van der Waals surface area contributed by atoms with Crippen LogP contribution in [-0.4, -0.2) is 45.1 Å². The Morgan fingerprint density at radius 1 is 0.767 bits per heavy atom. The molecule has 0 aliphatic carbocycles. The number of carbonyl (C=O) groups excluding carboxylic acids is 2. The van der Waals surface area contributed by atoms with Crippen molar-refractivity contribution in [1.82, 2.24) is 0 Å². The second kappa shape index (κ2) is 21.7. The van der Waals surface area contributed by atoms with E-state index in [1.54, 1.807) is 6.07 Å². The maximum absolute atomic E-state index is 11.8. The van der Waals surface area contributed by atoms with Crippen molar-refractivity contribution in [3.8, 4) is 29.0 Å². The van der Waals surface area contributed by atoms with E-state index in [1.165, 1.54) is 42.5 Å². The number of terminal acetylenes is 1. The second-order valence-electron chi connectivity index (χ2n) is 11.4. The van der Waals surface area contributed by atoms with E-state index in [1.807, 2.05) is 19.6 Å². The minimum absolute atomic E-state index is 0.0586. The van der Waals surface area contributed by atoms with Crippen molar-refractivity contribution in [1.29, 1.82) is 0 Å². The van der Waals surface area contributed by atoms with Crippen LogP contribution in [0.4, 0.5) is 11.4 Å². The first kappa shape index (κ1) is 44.6. The Labute approximate surface area is 277 Å². The fraction of sp³-hybridized carbons (Fsp3) is 0.310. The van der Waals surface area contributed by atoms with Crippen molar-refractivity contribution in [2.45, 2.75) is 58.9 Å². The van der Waals surface area contributed by atoms with Crippen molar-refractivity contribution < 1.29 is 36.7 Å². The number of nitro groups is 2. The van der Waals surface area contributed by atoms with E-state index in [4.69, 9.17) is 34.1 Å². The van der Waals surface area contributed by atoms with E-state index >= 15 is 0 Å². The molecule has 0 aliphatic heterocycles. The third-order valence-electron chi connectivity index (χ3n) is 4.02. The summed E-state index contributed by atoms with van der Waals surface area (Å²) in [6.45, 7) is 18.7. The summed E-state index contributed by atoms with van der Waals surface area (Å²) in [5, 5.41) is 20.2. The van der Waals surface area contributed by atoms with Gasteiger partial charge in [-0.05, 0) is 29.7 Å². The topological polar surface area (TPSA) is 120 Å². The van der Waals surface area contributed by atoms with Crippen molar-refractivity contribution in [2.75, 3.05) is 0 Å². The molecule has 0 spiro atoms. The summed E-state index contributed by atoms with van der Waals surface area (Å²) in [5.41, 5.74) is 7.66. The molecule has 0 N–H and O–H groups in total. The van der Waals surface area contributed by atoms with Crippen LogP contribution in [0.2, 0.25) is 58.9 Å². The van der Waals surface area contributed by atoms with Crippen LogP contribution in [0.25, 0.3) is 0 Å². The summed E-state index contributed by atoms with van der Waals surface area (Å²) in [4.78, 5) is 42.2. The Kier molecular flexibility index (Phi) is 22.5. The summed E-state index contributed by atoms with van der Waals surface area (Å²) in [7, 11) is 0.797. The van der Waals surface area contributed by atoms with Gasteiger partial charge in [-0.3, -0.25) is 29.8 Å². The van der Waals surface area contributed by atoms with Crippen molar-refractivity contribution in [2.24, 2.45) is 0 Å². The number of rotatable bonds is 4. The Morgan fingerprint density at radius 2 is 1.09 bits per heavy atom. The van der Waals surface area contributed by atoms with Gasteiger partial charge in [-0.1, -0.05) is 83.2 Å². The van der Waals surface area contributed by atoms with Gasteiger partial charge in [0.1, 0.15) is 27.3 Å². The summed E-state index contributed by atoms with van der Waals surface area (Å²) in [6, 6.07) is 11.4. The molecule has 0 saturated heterocycles. The molecule has 0 atom stereocenters. The van der Waals surface area contributed by atoms with E-state index in [-0.39, 0.29) is 22.5 Å². The molecule has 8 nitrogen and oxygen atoms in total. The first-order chi connectivity index (χ1) is 19.6. The molecule has 0 amide bonds. The number of para-hydroxylation sites is 2. The van der Waals surface area contributed by atoms with Crippen molar-refractivity contribution >= 4 is 67.9 Å². The van der Waals surface area contributed by atoms with E-state index in [2.05, 4.69) is 61.8 Å². The van der Waals surface area contributed by atoms with Crippen LogP contribution in [0.5, 0.6) is 0 Å². The van der Waals surface area contributed by atoms with Gasteiger partial charge in [0.25, 0.3) is 16.6 Å². The van der Waals surface area contributed by atoms with Gasteiger partial charge >= 0.3 is 27.0 Å². The van der Waals surface area contributed by atoms with Gasteiger partial charge in [-0.25, -0.2) is 0 Å². The predicted octanol–water partition coefficient (Wildman–Crippen LogP) is 8.27. The molecule has 0 aromatic heterocycles. The molecule has 0 saturated carbocycles. The zero-order valence-electron chi connectivity index (χ0n) is 26.0. The predicted molar refractivity (Wildman–Crippen MR) is 180 cm³/mol. The zero-order valence-corrected chi connectivity index (χ0v) is 33.5. The third-order valence-corrected chi connectivity index (χ3v) is 6.71. The molecule has 2 aromatic carbocycles. The first-order valence-electron chi connectivity index (χ1n) is 12.5. The molecule has 43 heavy (non-hydrogen) atoms.